The number of rotatable bonds is 6. The van der Waals surface area contributed by atoms with Crippen LogP contribution < -0.4 is 20.9 Å². The van der Waals surface area contributed by atoms with Gasteiger partial charge >= 0.3 is 12.4 Å². The largest absolute Gasteiger partial charge is 0.493 e. The van der Waals surface area contributed by atoms with Crippen LogP contribution in [-0.2, 0) is 12.4 Å². The van der Waals surface area contributed by atoms with Crippen LogP contribution in [0.15, 0.2) is 36.4 Å². The summed E-state index contributed by atoms with van der Waals surface area (Å²) in [4.78, 5) is 0. The minimum Gasteiger partial charge on any atom is -0.493 e. The first-order valence-corrected chi connectivity index (χ1v) is 8.38. The summed E-state index contributed by atoms with van der Waals surface area (Å²) in [6.07, 6.45) is -9.24. The van der Waals surface area contributed by atoms with Crippen LogP contribution in [0.25, 0.3) is 0 Å². The summed E-state index contributed by atoms with van der Waals surface area (Å²) >= 11 is 0. The fraction of sp³-hybridized carbons (Fsp3) is 0.368. The Hall–Kier alpha value is -2.78. The molecule has 0 radical (unpaired) electrons. The van der Waals surface area contributed by atoms with Gasteiger partial charge in [0.1, 0.15) is 11.5 Å². The maximum Gasteiger partial charge on any atom is 0.418 e. The van der Waals surface area contributed by atoms with E-state index in [4.69, 9.17) is 20.9 Å². The van der Waals surface area contributed by atoms with Crippen molar-refractivity contribution in [2.75, 3.05) is 24.7 Å². The Balaban J connectivity index is 2.03. The van der Waals surface area contributed by atoms with Crippen molar-refractivity contribution in [3.63, 3.8) is 0 Å². The van der Waals surface area contributed by atoms with Gasteiger partial charge in [-0.2, -0.15) is 26.3 Å². The lowest BCUT2D eigenvalue weighted by molar-refractivity contribution is -0.137. The van der Waals surface area contributed by atoms with Crippen molar-refractivity contribution in [3.8, 4) is 11.5 Å². The van der Waals surface area contributed by atoms with E-state index in [0.717, 1.165) is 24.3 Å². The van der Waals surface area contributed by atoms with Crippen molar-refractivity contribution < 1.29 is 35.8 Å². The van der Waals surface area contributed by atoms with E-state index in [9.17, 15) is 26.3 Å². The first kappa shape index (κ1) is 22.5. The molecule has 10 heteroatoms. The van der Waals surface area contributed by atoms with Crippen molar-refractivity contribution in [1.82, 2.24) is 0 Å². The van der Waals surface area contributed by atoms with Crippen LogP contribution in [0.5, 0.6) is 11.5 Å². The maximum atomic E-state index is 12.9. The number of nitrogen functional groups attached to an aromatic ring is 2. The van der Waals surface area contributed by atoms with Crippen molar-refractivity contribution >= 4 is 11.4 Å². The molecule has 29 heavy (non-hydrogen) atoms. The van der Waals surface area contributed by atoms with E-state index >= 15 is 0 Å². The maximum absolute atomic E-state index is 12.9. The van der Waals surface area contributed by atoms with Gasteiger partial charge in [0.2, 0.25) is 0 Å². The lowest BCUT2D eigenvalue weighted by atomic mass is 9.96. The number of alkyl halides is 6. The number of nitrogens with two attached hydrogens (primary N) is 2. The van der Waals surface area contributed by atoms with Crippen LogP contribution >= 0.6 is 0 Å². The Morgan fingerprint density at radius 1 is 0.690 bits per heavy atom. The van der Waals surface area contributed by atoms with Gasteiger partial charge in [-0.25, -0.2) is 0 Å². The molecule has 0 saturated carbocycles. The van der Waals surface area contributed by atoms with E-state index < -0.39 is 40.3 Å². The van der Waals surface area contributed by atoms with Crippen molar-refractivity contribution in [3.05, 3.63) is 47.5 Å². The predicted octanol–water partition coefficient (Wildman–Crippen LogP) is 5.37. The van der Waals surface area contributed by atoms with Crippen molar-refractivity contribution in [1.29, 1.82) is 0 Å². The van der Waals surface area contributed by atoms with E-state index in [0.29, 0.717) is 0 Å². The van der Waals surface area contributed by atoms with Crippen LogP contribution in [0.4, 0.5) is 37.7 Å². The standard InChI is InChI=1S/C19H20F6N2O2/c1-17(2,9-28-11-3-5-15(26)13(7-11)18(20,21)22)10-29-12-4-6-16(27)14(8-12)19(23,24)25/h3-8H,9-10,26-27H2,1-2H3. The Bertz CT molecular complexity index is 793. The van der Waals surface area contributed by atoms with Crippen LogP contribution in [0.3, 0.4) is 0 Å². The van der Waals surface area contributed by atoms with Gasteiger partial charge in [-0.3, -0.25) is 0 Å². The highest BCUT2D eigenvalue weighted by molar-refractivity contribution is 5.52. The highest BCUT2D eigenvalue weighted by Crippen LogP contribution is 2.37. The van der Waals surface area contributed by atoms with Gasteiger partial charge in [0.15, 0.2) is 0 Å². The number of hydrogen-bond donors (Lipinski definition) is 2. The zero-order valence-corrected chi connectivity index (χ0v) is 15.6. The summed E-state index contributed by atoms with van der Waals surface area (Å²) in [6, 6.07) is 6.38. The molecule has 0 bridgehead atoms. The van der Waals surface area contributed by atoms with E-state index in [1.807, 2.05) is 0 Å². The summed E-state index contributed by atoms with van der Waals surface area (Å²) in [5, 5.41) is 0. The molecule has 0 aliphatic rings. The molecule has 0 spiro atoms. The number of halogens is 6. The lowest BCUT2D eigenvalue weighted by Crippen LogP contribution is -2.29. The second-order valence-corrected chi connectivity index (χ2v) is 7.24. The molecular formula is C19H20F6N2O2. The van der Waals surface area contributed by atoms with Crippen LogP contribution in [0.1, 0.15) is 25.0 Å². The van der Waals surface area contributed by atoms with Gasteiger partial charge in [0.05, 0.1) is 24.3 Å². The molecule has 0 aliphatic heterocycles. The Morgan fingerprint density at radius 2 is 1.03 bits per heavy atom. The fourth-order valence-corrected chi connectivity index (χ4v) is 2.34. The monoisotopic (exact) mass is 422 g/mol. The molecule has 0 saturated heterocycles. The molecule has 0 amide bonds. The lowest BCUT2D eigenvalue weighted by Gasteiger charge is -2.25. The summed E-state index contributed by atoms with van der Waals surface area (Å²) in [5.74, 6) is -0.0714. The summed E-state index contributed by atoms with van der Waals surface area (Å²) < 4.78 is 88.3. The molecular weight excluding hydrogens is 402 g/mol. The Kier molecular flexibility index (Phi) is 6.15. The van der Waals surface area contributed by atoms with Crippen molar-refractivity contribution in [2.45, 2.75) is 26.2 Å². The number of hydrogen-bond acceptors (Lipinski definition) is 4. The molecule has 2 aromatic rings. The van der Waals surface area contributed by atoms with Crippen LogP contribution in [0.2, 0.25) is 0 Å². The SMILES string of the molecule is CC(C)(COc1ccc(N)c(C(F)(F)F)c1)COc1ccc(N)c(C(F)(F)F)c1. The van der Waals surface area contributed by atoms with Crippen LogP contribution in [0, 0.1) is 5.41 Å². The van der Waals surface area contributed by atoms with Gasteiger partial charge in [0, 0.05) is 16.8 Å². The second kappa shape index (κ2) is 7.92. The van der Waals surface area contributed by atoms with Gasteiger partial charge in [-0.15, -0.1) is 0 Å². The summed E-state index contributed by atoms with van der Waals surface area (Å²) in [5.41, 5.74) is 7.10. The minimum atomic E-state index is -4.62. The molecule has 2 aromatic carbocycles. The van der Waals surface area contributed by atoms with Gasteiger partial charge in [-0.05, 0) is 36.4 Å². The summed E-state index contributed by atoms with van der Waals surface area (Å²) in [6.45, 7) is 3.29. The van der Waals surface area contributed by atoms with Gasteiger partial charge in [-0.1, -0.05) is 13.8 Å². The number of anilines is 2. The van der Waals surface area contributed by atoms with E-state index in [1.54, 1.807) is 13.8 Å². The first-order valence-electron chi connectivity index (χ1n) is 8.38. The third-order valence-electron chi connectivity index (χ3n) is 3.92. The molecule has 4 N–H and O–H groups in total. The Morgan fingerprint density at radius 3 is 1.34 bits per heavy atom. The first-order chi connectivity index (χ1) is 13.2. The average molecular weight is 422 g/mol. The molecule has 0 aliphatic carbocycles. The zero-order chi connectivity index (χ0) is 22.0. The number of ether oxygens (including phenoxy) is 2. The molecule has 0 aromatic heterocycles. The smallest absolute Gasteiger partial charge is 0.418 e. The fourth-order valence-electron chi connectivity index (χ4n) is 2.34. The van der Waals surface area contributed by atoms with Crippen LogP contribution in [-0.4, -0.2) is 13.2 Å². The quantitative estimate of drug-likeness (QED) is 0.485. The van der Waals surface area contributed by atoms with Gasteiger partial charge in [0.25, 0.3) is 0 Å². The predicted molar refractivity (Wildman–Crippen MR) is 96.5 cm³/mol. The molecule has 2 rings (SSSR count). The molecule has 4 nitrogen and oxygen atoms in total. The van der Waals surface area contributed by atoms with Crippen molar-refractivity contribution in [2.24, 2.45) is 5.41 Å². The minimum absolute atomic E-state index is 0.0357. The van der Waals surface area contributed by atoms with E-state index in [1.165, 1.54) is 12.1 Å². The normalized spacial score (nSPS) is 12.7. The average Bonchev–Trinajstić information content (AvgIpc) is 2.58. The molecule has 160 valence electrons. The van der Waals surface area contributed by atoms with E-state index in [-0.39, 0.29) is 24.7 Å². The Labute approximate surface area is 163 Å². The molecule has 0 unspecified atom stereocenters. The topological polar surface area (TPSA) is 70.5 Å². The summed E-state index contributed by atoms with van der Waals surface area (Å²) in [7, 11) is 0. The zero-order valence-electron chi connectivity index (χ0n) is 15.6. The third-order valence-corrected chi connectivity index (χ3v) is 3.92. The molecule has 0 heterocycles. The third kappa shape index (κ3) is 6.10. The second-order valence-electron chi connectivity index (χ2n) is 7.24. The molecule has 0 atom stereocenters. The molecule has 0 fully saturated rings. The highest BCUT2D eigenvalue weighted by Gasteiger charge is 2.34. The number of benzene rings is 2. The van der Waals surface area contributed by atoms with E-state index in [2.05, 4.69) is 0 Å². The highest BCUT2D eigenvalue weighted by atomic mass is 19.4. The van der Waals surface area contributed by atoms with Gasteiger partial charge < -0.3 is 20.9 Å².